The van der Waals surface area contributed by atoms with Crippen molar-refractivity contribution in [2.75, 3.05) is 25.6 Å². The molecule has 0 saturated carbocycles. The fraction of sp³-hybridized carbons (Fsp3) is 0.385. The summed E-state index contributed by atoms with van der Waals surface area (Å²) < 4.78 is 5.34. The Morgan fingerprint density at radius 3 is 3.21 bits per heavy atom. The molecule has 1 aromatic heterocycles. The molecule has 6 heteroatoms. The summed E-state index contributed by atoms with van der Waals surface area (Å²) in [6.45, 7) is 1.04. The van der Waals surface area contributed by atoms with E-state index in [4.69, 9.17) is 4.74 Å². The molecule has 0 spiro atoms. The number of likely N-dealkylation sites (N-methyl/N-ethyl adjacent to an activating group) is 1. The Kier molecular flexibility index (Phi) is 3.18. The van der Waals surface area contributed by atoms with Gasteiger partial charge in [0.2, 0.25) is 5.91 Å². The molecular weight excluding hydrogens is 244 g/mol. The van der Waals surface area contributed by atoms with Gasteiger partial charge in [0, 0.05) is 17.1 Å². The number of aromatic amines is 1. The summed E-state index contributed by atoms with van der Waals surface area (Å²) in [4.78, 5) is 12.2. The first-order valence-electron chi connectivity index (χ1n) is 6.27. The van der Waals surface area contributed by atoms with Crippen molar-refractivity contribution in [3.63, 3.8) is 0 Å². The minimum absolute atomic E-state index is 0.0179. The molecule has 6 nitrogen and oxygen atoms in total. The number of fused-ring (bicyclic) bond motifs is 1. The summed E-state index contributed by atoms with van der Waals surface area (Å²) in [5.41, 5.74) is 1.68. The SMILES string of the molecule is CNC1COCC1C(=O)Nc1ccc2cn[nH]c2c1. The predicted octanol–water partition coefficient (Wildman–Crippen LogP) is 0.736. The summed E-state index contributed by atoms with van der Waals surface area (Å²) in [6, 6.07) is 5.76. The molecule has 2 aromatic rings. The van der Waals surface area contributed by atoms with Gasteiger partial charge in [-0.15, -0.1) is 0 Å². The van der Waals surface area contributed by atoms with Gasteiger partial charge in [0.05, 0.1) is 30.8 Å². The number of hydrogen-bond acceptors (Lipinski definition) is 4. The Bertz CT molecular complexity index is 595. The minimum Gasteiger partial charge on any atom is -0.379 e. The summed E-state index contributed by atoms with van der Waals surface area (Å²) in [5.74, 6) is -0.168. The van der Waals surface area contributed by atoms with E-state index in [9.17, 15) is 4.79 Å². The predicted molar refractivity (Wildman–Crippen MR) is 71.9 cm³/mol. The molecule has 3 rings (SSSR count). The van der Waals surface area contributed by atoms with Crippen LogP contribution in [0, 0.1) is 5.92 Å². The summed E-state index contributed by atoms with van der Waals surface area (Å²) in [7, 11) is 1.84. The number of rotatable bonds is 3. The molecule has 1 aromatic carbocycles. The molecule has 3 N–H and O–H groups in total. The zero-order chi connectivity index (χ0) is 13.2. The van der Waals surface area contributed by atoms with Crippen molar-refractivity contribution in [2.24, 2.45) is 5.92 Å². The fourth-order valence-electron chi connectivity index (χ4n) is 2.35. The van der Waals surface area contributed by atoms with Crippen LogP contribution >= 0.6 is 0 Å². The monoisotopic (exact) mass is 260 g/mol. The Labute approximate surface area is 110 Å². The number of carbonyl (C=O) groups is 1. The number of carbonyl (C=O) groups excluding carboxylic acids is 1. The van der Waals surface area contributed by atoms with Crippen LogP contribution in [-0.2, 0) is 9.53 Å². The molecule has 19 heavy (non-hydrogen) atoms. The van der Waals surface area contributed by atoms with Crippen molar-refractivity contribution >= 4 is 22.5 Å². The molecule has 1 fully saturated rings. The molecule has 1 aliphatic rings. The second-order valence-corrected chi connectivity index (χ2v) is 4.70. The van der Waals surface area contributed by atoms with E-state index in [0.29, 0.717) is 13.2 Å². The van der Waals surface area contributed by atoms with Crippen molar-refractivity contribution < 1.29 is 9.53 Å². The molecule has 2 atom stereocenters. The normalized spacial score (nSPS) is 22.8. The lowest BCUT2D eigenvalue weighted by molar-refractivity contribution is -0.120. The molecule has 1 saturated heterocycles. The van der Waals surface area contributed by atoms with Gasteiger partial charge in [-0.3, -0.25) is 9.89 Å². The van der Waals surface area contributed by atoms with Crippen molar-refractivity contribution in [3.8, 4) is 0 Å². The largest absolute Gasteiger partial charge is 0.379 e. The molecule has 1 aliphatic heterocycles. The highest BCUT2D eigenvalue weighted by atomic mass is 16.5. The Balaban J connectivity index is 1.74. The number of amides is 1. The lowest BCUT2D eigenvalue weighted by Crippen LogP contribution is -2.39. The van der Waals surface area contributed by atoms with Gasteiger partial charge in [0.25, 0.3) is 0 Å². The highest BCUT2D eigenvalue weighted by Crippen LogP contribution is 2.19. The van der Waals surface area contributed by atoms with Gasteiger partial charge < -0.3 is 15.4 Å². The van der Waals surface area contributed by atoms with Crippen LogP contribution in [0.3, 0.4) is 0 Å². The van der Waals surface area contributed by atoms with E-state index in [-0.39, 0.29) is 17.9 Å². The third-order valence-electron chi connectivity index (χ3n) is 3.50. The van der Waals surface area contributed by atoms with Gasteiger partial charge in [-0.1, -0.05) is 0 Å². The Morgan fingerprint density at radius 2 is 2.37 bits per heavy atom. The second kappa shape index (κ2) is 4.99. The van der Waals surface area contributed by atoms with Crippen molar-refractivity contribution in [1.29, 1.82) is 0 Å². The molecule has 0 bridgehead atoms. The fourth-order valence-corrected chi connectivity index (χ4v) is 2.35. The first kappa shape index (κ1) is 12.1. The van der Waals surface area contributed by atoms with Gasteiger partial charge in [-0.2, -0.15) is 5.10 Å². The molecule has 100 valence electrons. The van der Waals surface area contributed by atoms with Crippen LogP contribution in [0.4, 0.5) is 5.69 Å². The summed E-state index contributed by atoms with van der Waals surface area (Å²) in [6.07, 6.45) is 1.75. The Morgan fingerprint density at radius 1 is 1.47 bits per heavy atom. The smallest absolute Gasteiger partial charge is 0.231 e. The summed E-state index contributed by atoms with van der Waals surface area (Å²) in [5, 5.41) is 13.9. The number of nitrogens with zero attached hydrogens (tertiary/aromatic N) is 1. The van der Waals surface area contributed by atoms with Gasteiger partial charge >= 0.3 is 0 Å². The Hall–Kier alpha value is -1.92. The molecule has 0 aliphatic carbocycles. The van der Waals surface area contributed by atoms with Crippen molar-refractivity contribution in [3.05, 3.63) is 24.4 Å². The maximum absolute atomic E-state index is 12.2. The third-order valence-corrected chi connectivity index (χ3v) is 3.50. The highest BCUT2D eigenvalue weighted by molar-refractivity contribution is 5.95. The van der Waals surface area contributed by atoms with Crippen LogP contribution in [-0.4, -0.2) is 42.4 Å². The van der Waals surface area contributed by atoms with Crippen molar-refractivity contribution in [1.82, 2.24) is 15.5 Å². The van der Waals surface area contributed by atoms with Crippen LogP contribution in [0.1, 0.15) is 0 Å². The second-order valence-electron chi connectivity index (χ2n) is 4.70. The molecule has 2 heterocycles. The zero-order valence-corrected chi connectivity index (χ0v) is 10.6. The van der Waals surface area contributed by atoms with E-state index < -0.39 is 0 Å². The minimum atomic E-state index is -0.150. The van der Waals surface area contributed by atoms with Crippen LogP contribution in [0.25, 0.3) is 10.9 Å². The molecule has 1 amide bonds. The number of ether oxygens (including phenoxy) is 1. The number of H-pyrrole nitrogens is 1. The van der Waals surface area contributed by atoms with E-state index in [0.717, 1.165) is 16.6 Å². The molecular formula is C13H16N4O2. The van der Waals surface area contributed by atoms with E-state index in [1.54, 1.807) is 6.20 Å². The molecule has 2 unspecified atom stereocenters. The standard InChI is InChI=1S/C13H16N4O2/c1-14-12-7-19-6-10(12)13(18)16-9-3-2-8-5-15-17-11(8)4-9/h2-5,10,12,14H,6-7H2,1H3,(H,15,17)(H,16,18). The lowest BCUT2D eigenvalue weighted by Gasteiger charge is -2.16. The van der Waals surface area contributed by atoms with Gasteiger partial charge in [-0.25, -0.2) is 0 Å². The number of nitrogens with one attached hydrogen (secondary N) is 3. The van der Waals surface area contributed by atoms with E-state index >= 15 is 0 Å². The van der Waals surface area contributed by atoms with Crippen LogP contribution < -0.4 is 10.6 Å². The number of aromatic nitrogens is 2. The highest BCUT2D eigenvalue weighted by Gasteiger charge is 2.32. The number of benzene rings is 1. The maximum Gasteiger partial charge on any atom is 0.231 e. The average Bonchev–Trinajstić information content (AvgIpc) is 3.06. The lowest BCUT2D eigenvalue weighted by atomic mass is 10.0. The number of anilines is 1. The van der Waals surface area contributed by atoms with Crippen LogP contribution in [0.2, 0.25) is 0 Å². The molecule has 0 radical (unpaired) electrons. The quantitative estimate of drug-likeness (QED) is 0.760. The average molecular weight is 260 g/mol. The topological polar surface area (TPSA) is 79.0 Å². The zero-order valence-electron chi connectivity index (χ0n) is 10.6. The van der Waals surface area contributed by atoms with Crippen LogP contribution in [0.15, 0.2) is 24.4 Å². The van der Waals surface area contributed by atoms with E-state index in [1.165, 1.54) is 0 Å². The number of hydrogen-bond donors (Lipinski definition) is 3. The van der Waals surface area contributed by atoms with Crippen LogP contribution in [0.5, 0.6) is 0 Å². The van der Waals surface area contributed by atoms with Gasteiger partial charge in [0.1, 0.15) is 0 Å². The van der Waals surface area contributed by atoms with E-state index in [1.807, 2.05) is 25.2 Å². The first-order chi connectivity index (χ1) is 9.28. The first-order valence-corrected chi connectivity index (χ1v) is 6.27. The third kappa shape index (κ3) is 2.32. The van der Waals surface area contributed by atoms with Gasteiger partial charge in [0.15, 0.2) is 0 Å². The van der Waals surface area contributed by atoms with Gasteiger partial charge in [-0.05, 0) is 25.2 Å². The van der Waals surface area contributed by atoms with Crippen molar-refractivity contribution in [2.45, 2.75) is 6.04 Å². The van der Waals surface area contributed by atoms with E-state index in [2.05, 4.69) is 20.8 Å². The maximum atomic E-state index is 12.2. The summed E-state index contributed by atoms with van der Waals surface area (Å²) >= 11 is 0.